The lowest BCUT2D eigenvalue weighted by molar-refractivity contribution is 0.304. The molecule has 1 fully saturated rings. The van der Waals surface area contributed by atoms with Gasteiger partial charge in [-0.1, -0.05) is 0 Å². The van der Waals surface area contributed by atoms with Gasteiger partial charge in [-0.05, 0) is 45.0 Å². The monoisotopic (exact) mass is 247 g/mol. The third kappa shape index (κ3) is 2.46. The first-order valence-corrected chi connectivity index (χ1v) is 6.21. The first kappa shape index (κ1) is 12.8. The van der Waals surface area contributed by atoms with E-state index in [0.29, 0.717) is 11.3 Å². The predicted molar refractivity (Wildman–Crippen MR) is 70.0 cm³/mol. The molecule has 0 spiro atoms. The van der Waals surface area contributed by atoms with Crippen molar-refractivity contribution >= 4 is 5.69 Å². The molecule has 0 amide bonds. The third-order valence-corrected chi connectivity index (χ3v) is 3.89. The highest BCUT2D eigenvalue weighted by Crippen LogP contribution is 2.27. The van der Waals surface area contributed by atoms with Crippen molar-refractivity contribution in [1.29, 1.82) is 5.26 Å². The third-order valence-electron chi connectivity index (χ3n) is 3.89. The molecule has 96 valence electrons. The van der Waals surface area contributed by atoms with Crippen LogP contribution >= 0.6 is 0 Å². The Bertz CT molecular complexity index is 470. The maximum atomic E-state index is 13.9. The molecule has 2 rings (SSSR count). The van der Waals surface area contributed by atoms with Crippen LogP contribution in [0.4, 0.5) is 10.1 Å². The van der Waals surface area contributed by atoms with Crippen molar-refractivity contribution in [3.8, 4) is 6.07 Å². The Labute approximate surface area is 107 Å². The summed E-state index contributed by atoms with van der Waals surface area (Å²) in [5, 5.41) is 12.0. The van der Waals surface area contributed by atoms with Crippen LogP contribution in [0.25, 0.3) is 0 Å². The van der Waals surface area contributed by atoms with Gasteiger partial charge in [-0.25, -0.2) is 4.39 Å². The van der Waals surface area contributed by atoms with Crippen molar-refractivity contribution in [2.24, 2.45) is 0 Å². The molecular weight excluding hydrogens is 229 g/mol. The molecule has 0 aliphatic carbocycles. The summed E-state index contributed by atoms with van der Waals surface area (Å²) in [4.78, 5) is 2.05. The van der Waals surface area contributed by atoms with Gasteiger partial charge < -0.3 is 10.2 Å². The predicted octanol–water partition coefficient (Wildman–Crippen LogP) is 2.28. The Morgan fingerprint density at radius 2 is 2.06 bits per heavy atom. The number of halogens is 1. The normalized spacial score (nSPS) is 18.4. The van der Waals surface area contributed by atoms with E-state index in [9.17, 15) is 4.39 Å². The zero-order chi connectivity index (χ0) is 13.2. The van der Waals surface area contributed by atoms with Crippen molar-refractivity contribution in [3.05, 3.63) is 29.6 Å². The number of nitriles is 1. The van der Waals surface area contributed by atoms with Crippen molar-refractivity contribution in [2.45, 2.75) is 25.3 Å². The van der Waals surface area contributed by atoms with Gasteiger partial charge in [0.25, 0.3) is 0 Å². The summed E-state index contributed by atoms with van der Waals surface area (Å²) in [6, 6.07) is 6.63. The molecule has 1 saturated heterocycles. The Balaban J connectivity index is 2.13. The standard InChI is InChI=1S/C14H18FN3/c1-14(17-2)5-7-18(8-6-14)13-4-3-11(10-16)9-12(13)15/h3-4,9,17H,5-8H2,1-2H3. The molecule has 1 aromatic carbocycles. The number of hydrogen-bond donors (Lipinski definition) is 1. The van der Waals surface area contributed by atoms with Crippen LogP contribution in [0, 0.1) is 17.1 Å². The van der Waals surface area contributed by atoms with Gasteiger partial charge in [-0.15, -0.1) is 0 Å². The Kier molecular flexibility index (Phi) is 3.53. The molecule has 0 radical (unpaired) electrons. The minimum atomic E-state index is -0.304. The summed E-state index contributed by atoms with van der Waals surface area (Å²) < 4.78 is 13.9. The van der Waals surface area contributed by atoms with Crippen molar-refractivity contribution in [1.82, 2.24) is 5.32 Å². The Morgan fingerprint density at radius 3 is 2.56 bits per heavy atom. The number of nitrogens with zero attached hydrogens (tertiary/aromatic N) is 2. The fraction of sp³-hybridized carbons (Fsp3) is 0.500. The van der Waals surface area contributed by atoms with Gasteiger partial charge in [0.15, 0.2) is 0 Å². The molecule has 1 aliphatic rings. The summed E-state index contributed by atoms with van der Waals surface area (Å²) in [6.45, 7) is 3.86. The van der Waals surface area contributed by atoms with Crippen molar-refractivity contribution in [3.63, 3.8) is 0 Å². The summed E-state index contributed by atoms with van der Waals surface area (Å²) in [7, 11) is 1.97. The van der Waals surface area contributed by atoms with E-state index in [1.54, 1.807) is 12.1 Å². The zero-order valence-corrected chi connectivity index (χ0v) is 10.8. The maximum Gasteiger partial charge on any atom is 0.147 e. The van der Waals surface area contributed by atoms with E-state index in [0.717, 1.165) is 25.9 Å². The van der Waals surface area contributed by atoms with E-state index >= 15 is 0 Å². The molecule has 0 bridgehead atoms. The SMILES string of the molecule is CNC1(C)CCN(c2ccc(C#N)cc2F)CC1. The molecule has 18 heavy (non-hydrogen) atoms. The van der Waals surface area contributed by atoms with Crippen LogP contribution in [0.3, 0.4) is 0 Å². The van der Waals surface area contributed by atoms with E-state index in [2.05, 4.69) is 17.1 Å². The molecule has 0 aromatic heterocycles. The van der Waals surface area contributed by atoms with Crippen LogP contribution in [0.15, 0.2) is 18.2 Å². The lowest BCUT2D eigenvalue weighted by atomic mass is 9.89. The summed E-state index contributed by atoms with van der Waals surface area (Å²) in [6.07, 6.45) is 1.98. The lowest BCUT2D eigenvalue weighted by Crippen LogP contribution is -2.50. The number of rotatable bonds is 2. The van der Waals surface area contributed by atoms with E-state index in [1.807, 2.05) is 13.1 Å². The highest BCUT2D eigenvalue weighted by Gasteiger charge is 2.29. The second-order valence-corrected chi connectivity index (χ2v) is 5.08. The number of nitrogens with one attached hydrogen (secondary N) is 1. The topological polar surface area (TPSA) is 39.1 Å². The molecule has 4 heteroatoms. The van der Waals surface area contributed by atoms with Crippen LogP contribution in [0.5, 0.6) is 0 Å². The second kappa shape index (κ2) is 4.95. The molecule has 3 nitrogen and oxygen atoms in total. The van der Waals surface area contributed by atoms with Gasteiger partial charge in [0.2, 0.25) is 0 Å². The van der Waals surface area contributed by atoms with E-state index in [1.165, 1.54) is 6.07 Å². The van der Waals surface area contributed by atoms with Crippen molar-refractivity contribution < 1.29 is 4.39 Å². The summed E-state index contributed by atoms with van der Waals surface area (Å²) >= 11 is 0. The second-order valence-electron chi connectivity index (χ2n) is 5.08. The van der Waals surface area contributed by atoms with Crippen LogP contribution in [-0.2, 0) is 0 Å². The van der Waals surface area contributed by atoms with E-state index in [-0.39, 0.29) is 11.4 Å². The van der Waals surface area contributed by atoms with Gasteiger partial charge in [0.05, 0.1) is 17.3 Å². The minimum Gasteiger partial charge on any atom is -0.369 e. The largest absolute Gasteiger partial charge is 0.369 e. The van der Waals surface area contributed by atoms with Gasteiger partial charge in [-0.2, -0.15) is 5.26 Å². The number of hydrogen-bond acceptors (Lipinski definition) is 3. The molecule has 1 heterocycles. The molecule has 0 saturated carbocycles. The zero-order valence-electron chi connectivity index (χ0n) is 10.8. The average molecular weight is 247 g/mol. The maximum absolute atomic E-state index is 13.9. The smallest absolute Gasteiger partial charge is 0.147 e. The fourth-order valence-electron chi connectivity index (χ4n) is 2.32. The number of anilines is 1. The van der Waals surface area contributed by atoms with Crippen LogP contribution in [-0.4, -0.2) is 25.7 Å². The summed E-state index contributed by atoms with van der Waals surface area (Å²) in [5.41, 5.74) is 1.13. The molecule has 0 atom stereocenters. The van der Waals surface area contributed by atoms with Gasteiger partial charge in [-0.3, -0.25) is 0 Å². The van der Waals surface area contributed by atoms with Gasteiger partial charge in [0, 0.05) is 18.6 Å². The Hall–Kier alpha value is -1.60. The first-order valence-electron chi connectivity index (χ1n) is 6.21. The van der Waals surface area contributed by atoms with E-state index in [4.69, 9.17) is 5.26 Å². The van der Waals surface area contributed by atoms with E-state index < -0.39 is 0 Å². The highest BCUT2D eigenvalue weighted by atomic mass is 19.1. The lowest BCUT2D eigenvalue weighted by Gasteiger charge is -2.40. The van der Waals surface area contributed by atoms with Crippen LogP contribution in [0.2, 0.25) is 0 Å². The fourth-order valence-corrected chi connectivity index (χ4v) is 2.32. The van der Waals surface area contributed by atoms with Crippen LogP contribution in [0.1, 0.15) is 25.3 Å². The number of benzene rings is 1. The molecular formula is C14H18FN3. The quantitative estimate of drug-likeness (QED) is 0.871. The molecule has 0 unspecified atom stereocenters. The van der Waals surface area contributed by atoms with Gasteiger partial charge in [0.1, 0.15) is 5.82 Å². The highest BCUT2D eigenvalue weighted by molar-refractivity contribution is 5.51. The van der Waals surface area contributed by atoms with Gasteiger partial charge >= 0.3 is 0 Å². The molecule has 1 aliphatic heterocycles. The summed E-state index contributed by atoms with van der Waals surface area (Å²) in [5.74, 6) is -0.304. The molecule has 1 aromatic rings. The first-order chi connectivity index (χ1) is 8.58. The van der Waals surface area contributed by atoms with Crippen LogP contribution < -0.4 is 10.2 Å². The number of piperidine rings is 1. The minimum absolute atomic E-state index is 0.152. The van der Waals surface area contributed by atoms with Crippen molar-refractivity contribution in [2.75, 3.05) is 25.0 Å². The average Bonchev–Trinajstić information content (AvgIpc) is 2.40. The Morgan fingerprint density at radius 1 is 1.39 bits per heavy atom. The molecule has 1 N–H and O–H groups in total.